The number of piperidine rings is 1. The number of nitrogens with one attached hydrogen (secondary N) is 1. The molecule has 2 aliphatic heterocycles. The van der Waals surface area contributed by atoms with Crippen molar-refractivity contribution in [2.24, 2.45) is 0 Å². The second-order valence-electron chi connectivity index (χ2n) is 5.19. The van der Waals surface area contributed by atoms with Crippen molar-refractivity contribution in [1.82, 2.24) is 4.90 Å². The number of fused-ring (bicyclic) bond motifs is 1. The van der Waals surface area contributed by atoms with Crippen LogP contribution in [0.5, 0.6) is 0 Å². The van der Waals surface area contributed by atoms with Crippen LogP contribution >= 0.6 is 11.8 Å². The summed E-state index contributed by atoms with van der Waals surface area (Å²) in [6.07, 6.45) is 4.72. The van der Waals surface area contributed by atoms with Crippen LogP contribution in [0, 0.1) is 0 Å². The van der Waals surface area contributed by atoms with Gasteiger partial charge in [-0.25, -0.2) is 0 Å². The van der Waals surface area contributed by atoms with Crippen molar-refractivity contribution in [3.63, 3.8) is 0 Å². The summed E-state index contributed by atoms with van der Waals surface area (Å²) in [5.74, 6) is 1.33. The Bertz CT molecular complexity index is 469. The maximum absolute atomic E-state index is 12.5. The Kier molecular flexibility index (Phi) is 3.97. The summed E-state index contributed by atoms with van der Waals surface area (Å²) in [5, 5.41) is 3.43. The van der Waals surface area contributed by atoms with Crippen molar-refractivity contribution >= 4 is 23.4 Å². The van der Waals surface area contributed by atoms with Gasteiger partial charge in [0.25, 0.3) is 5.91 Å². The Morgan fingerprint density at radius 1 is 1.16 bits per heavy atom. The zero-order valence-electron chi connectivity index (χ0n) is 11.2. The number of carbonyl (C=O) groups excluding carboxylic acids is 1. The van der Waals surface area contributed by atoms with Crippen molar-refractivity contribution in [1.29, 1.82) is 0 Å². The fraction of sp³-hybridized carbons (Fsp3) is 0.533. The molecule has 102 valence electrons. The fourth-order valence-corrected chi connectivity index (χ4v) is 3.69. The zero-order valence-corrected chi connectivity index (χ0v) is 12.0. The maximum Gasteiger partial charge on any atom is 0.253 e. The zero-order chi connectivity index (χ0) is 13.1. The molecule has 0 radical (unpaired) electrons. The number of hydrogen-bond donors (Lipinski definition) is 1. The molecule has 2 aliphatic rings. The Hall–Kier alpha value is -1.16. The Balaban J connectivity index is 1.80. The first kappa shape index (κ1) is 12.9. The van der Waals surface area contributed by atoms with E-state index in [9.17, 15) is 4.79 Å². The van der Waals surface area contributed by atoms with Gasteiger partial charge < -0.3 is 10.2 Å². The van der Waals surface area contributed by atoms with E-state index in [0.717, 1.165) is 43.8 Å². The molecule has 0 spiro atoms. The van der Waals surface area contributed by atoms with E-state index in [-0.39, 0.29) is 5.91 Å². The highest BCUT2D eigenvalue weighted by Crippen LogP contribution is 2.31. The summed E-state index contributed by atoms with van der Waals surface area (Å²) in [6, 6.07) is 6.09. The van der Waals surface area contributed by atoms with E-state index in [1.54, 1.807) is 0 Å². The van der Waals surface area contributed by atoms with Gasteiger partial charge in [-0.15, -0.1) is 11.8 Å². The molecule has 1 amide bonds. The number of nitrogens with zero attached hydrogens (tertiary/aromatic N) is 1. The summed E-state index contributed by atoms with van der Waals surface area (Å²) in [5.41, 5.74) is 2.02. The van der Waals surface area contributed by atoms with E-state index in [4.69, 9.17) is 0 Å². The van der Waals surface area contributed by atoms with Gasteiger partial charge in [-0.05, 0) is 49.6 Å². The van der Waals surface area contributed by atoms with Crippen molar-refractivity contribution in [2.45, 2.75) is 30.6 Å². The molecule has 4 heteroatoms. The molecule has 0 unspecified atom stereocenters. The molecule has 1 saturated heterocycles. The minimum Gasteiger partial charge on any atom is -0.384 e. The molecular formula is C15H20N2OS. The van der Waals surface area contributed by atoms with E-state index in [0.29, 0.717) is 0 Å². The number of thioether (sulfide) groups is 1. The number of amides is 1. The maximum atomic E-state index is 12.5. The summed E-state index contributed by atoms with van der Waals surface area (Å²) < 4.78 is 0. The molecule has 0 saturated carbocycles. The third-order valence-electron chi connectivity index (χ3n) is 3.77. The summed E-state index contributed by atoms with van der Waals surface area (Å²) in [4.78, 5) is 15.7. The van der Waals surface area contributed by atoms with Crippen molar-refractivity contribution in [3.05, 3.63) is 23.8 Å². The minimum atomic E-state index is 0.201. The SMILES string of the molecule is O=C(c1ccc2c(c1)SCCCN2)N1CCCCC1. The van der Waals surface area contributed by atoms with Gasteiger partial charge in [0.1, 0.15) is 0 Å². The van der Waals surface area contributed by atoms with Crippen LogP contribution in [0.4, 0.5) is 5.69 Å². The van der Waals surface area contributed by atoms with E-state index < -0.39 is 0 Å². The van der Waals surface area contributed by atoms with E-state index in [1.165, 1.54) is 23.4 Å². The predicted octanol–water partition coefficient (Wildman–Crippen LogP) is 3.22. The minimum absolute atomic E-state index is 0.201. The third kappa shape index (κ3) is 2.89. The van der Waals surface area contributed by atoms with Gasteiger partial charge in [0, 0.05) is 35.8 Å². The molecule has 2 heterocycles. The molecule has 1 aromatic rings. The standard InChI is InChI=1S/C15H20N2OS/c18-15(17-8-2-1-3-9-17)12-5-6-13-14(11-12)19-10-4-7-16-13/h5-6,11,16H,1-4,7-10H2. The molecule has 3 rings (SSSR count). The Labute approximate surface area is 118 Å². The number of carbonyl (C=O) groups is 1. The van der Waals surface area contributed by atoms with Crippen LogP contribution in [-0.2, 0) is 0 Å². The Morgan fingerprint density at radius 3 is 2.84 bits per heavy atom. The smallest absolute Gasteiger partial charge is 0.253 e. The van der Waals surface area contributed by atoms with Crippen molar-refractivity contribution < 1.29 is 4.79 Å². The molecule has 1 N–H and O–H groups in total. The fourth-order valence-electron chi connectivity index (χ4n) is 2.68. The quantitative estimate of drug-likeness (QED) is 0.855. The number of anilines is 1. The van der Waals surface area contributed by atoms with E-state index in [2.05, 4.69) is 17.4 Å². The number of likely N-dealkylation sites (tertiary alicyclic amines) is 1. The first-order valence-electron chi connectivity index (χ1n) is 7.14. The predicted molar refractivity (Wildman–Crippen MR) is 80.0 cm³/mol. The normalized spacial score (nSPS) is 19.3. The van der Waals surface area contributed by atoms with Crippen LogP contribution in [0.15, 0.2) is 23.1 Å². The average Bonchev–Trinajstić information content (AvgIpc) is 2.72. The second kappa shape index (κ2) is 5.87. The van der Waals surface area contributed by atoms with Gasteiger partial charge in [-0.1, -0.05) is 0 Å². The topological polar surface area (TPSA) is 32.3 Å². The monoisotopic (exact) mass is 276 g/mol. The molecular weight excluding hydrogens is 256 g/mol. The molecule has 1 aromatic carbocycles. The van der Waals surface area contributed by atoms with Crippen LogP contribution in [0.1, 0.15) is 36.0 Å². The van der Waals surface area contributed by atoms with Crippen molar-refractivity contribution in [2.75, 3.05) is 30.7 Å². The molecule has 3 nitrogen and oxygen atoms in total. The van der Waals surface area contributed by atoms with Crippen LogP contribution in [-0.4, -0.2) is 36.2 Å². The molecule has 0 aromatic heterocycles. The lowest BCUT2D eigenvalue weighted by atomic mass is 10.1. The van der Waals surface area contributed by atoms with Crippen LogP contribution < -0.4 is 5.32 Å². The lowest BCUT2D eigenvalue weighted by Crippen LogP contribution is -2.35. The van der Waals surface area contributed by atoms with Crippen LogP contribution in [0.25, 0.3) is 0 Å². The van der Waals surface area contributed by atoms with Gasteiger partial charge in [-0.2, -0.15) is 0 Å². The van der Waals surface area contributed by atoms with Gasteiger partial charge in [-0.3, -0.25) is 4.79 Å². The van der Waals surface area contributed by atoms with Crippen LogP contribution in [0.2, 0.25) is 0 Å². The van der Waals surface area contributed by atoms with Gasteiger partial charge in [0.05, 0.1) is 0 Å². The van der Waals surface area contributed by atoms with Crippen LogP contribution in [0.3, 0.4) is 0 Å². The highest BCUT2D eigenvalue weighted by atomic mass is 32.2. The average molecular weight is 276 g/mol. The largest absolute Gasteiger partial charge is 0.384 e. The van der Waals surface area contributed by atoms with Gasteiger partial charge in [0.2, 0.25) is 0 Å². The molecule has 0 bridgehead atoms. The Morgan fingerprint density at radius 2 is 2.00 bits per heavy atom. The van der Waals surface area contributed by atoms with Gasteiger partial charge >= 0.3 is 0 Å². The number of rotatable bonds is 1. The van der Waals surface area contributed by atoms with E-state index >= 15 is 0 Å². The van der Waals surface area contributed by atoms with Crippen molar-refractivity contribution in [3.8, 4) is 0 Å². The molecule has 19 heavy (non-hydrogen) atoms. The molecule has 1 fully saturated rings. The third-order valence-corrected chi connectivity index (χ3v) is 4.91. The first-order valence-corrected chi connectivity index (χ1v) is 8.13. The highest BCUT2D eigenvalue weighted by Gasteiger charge is 2.19. The lowest BCUT2D eigenvalue weighted by molar-refractivity contribution is 0.0724. The second-order valence-corrected chi connectivity index (χ2v) is 6.33. The molecule has 0 atom stereocenters. The summed E-state index contributed by atoms with van der Waals surface area (Å²) >= 11 is 1.85. The highest BCUT2D eigenvalue weighted by molar-refractivity contribution is 7.99. The summed E-state index contributed by atoms with van der Waals surface area (Å²) in [6.45, 7) is 2.86. The first-order chi connectivity index (χ1) is 9.34. The number of hydrogen-bond acceptors (Lipinski definition) is 3. The number of benzene rings is 1. The lowest BCUT2D eigenvalue weighted by Gasteiger charge is -2.27. The summed E-state index contributed by atoms with van der Waals surface area (Å²) in [7, 11) is 0. The van der Waals surface area contributed by atoms with E-state index in [1.807, 2.05) is 22.7 Å². The molecule has 0 aliphatic carbocycles. The van der Waals surface area contributed by atoms with Gasteiger partial charge in [0.15, 0.2) is 0 Å².